The first-order chi connectivity index (χ1) is 10.6. The summed E-state index contributed by atoms with van der Waals surface area (Å²) in [5, 5.41) is 0.891. The number of hydrogen-bond acceptors (Lipinski definition) is 4. The highest BCUT2D eigenvalue weighted by molar-refractivity contribution is 6.31. The van der Waals surface area contributed by atoms with Crippen molar-refractivity contribution in [1.29, 1.82) is 0 Å². The Labute approximate surface area is 131 Å². The van der Waals surface area contributed by atoms with E-state index in [1.807, 2.05) is 13.0 Å². The maximum Gasteiger partial charge on any atom is 0.234 e. The lowest BCUT2D eigenvalue weighted by Crippen LogP contribution is -2.41. The first-order valence-corrected chi connectivity index (χ1v) is 7.34. The van der Waals surface area contributed by atoms with E-state index in [-0.39, 0.29) is 29.3 Å². The van der Waals surface area contributed by atoms with Gasteiger partial charge in [0.25, 0.3) is 0 Å². The minimum absolute atomic E-state index is 0.154. The smallest absolute Gasteiger partial charge is 0.234 e. The van der Waals surface area contributed by atoms with Crippen molar-refractivity contribution < 1.29 is 13.9 Å². The van der Waals surface area contributed by atoms with E-state index < -0.39 is 0 Å². The highest BCUT2D eigenvalue weighted by atomic mass is 35.5. The summed E-state index contributed by atoms with van der Waals surface area (Å²) in [6, 6.07) is 4.98. The van der Waals surface area contributed by atoms with Gasteiger partial charge in [0.05, 0.1) is 17.6 Å². The van der Waals surface area contributed by atoms with Crippen LogP contribution in [-0.4, -0.2) is 12.2 Å². The number of benzene rings is 1. The van der Waals surface area contributed by atoms with Crippen LogP contribution in [0.3, 0.4) is 0 Å². The quantitative estimate of drug-likeness (QED) is 0.751. The number of fused-ring (bicyclic) bond motifs is 4. The first-order valence-electron chi connectivity index (χ1n) is 6.96. The third-order valence-corrected chi connectivity index (χ3v) is 4.28. The highest BCUT2D eigenvalue weighted by Gasteiger charge is 2.44. The lowest BCUT2D eigenvalue weighted by molar-refractivity contribution is 0.0271. The third kappa shape index (κ3) is 1.80. The molecule has 0 saturated heterocycles. The fraction of sp³-hybridized carbons (Fsp3) is 0.235. The van der Waals surface area contributed by atoms with Gasteiger partial charge in [0.15, 0.2) is 18.0 Å². The van der Waals surface area contributed by atoms with Gasteiger partial charge in [-0.1, -0.05) is 18.2 Å². The van der Waals surface area contributed by atoms with Gasteiger partial charge in [-0.05, 0) is 36.8 Å². The van der Waals surface area contributed by atoms with Crippen LogP contribution in [-0.2, 0) is 4.74 Å². The van der Waals surface area contributed by atoms with Crippen LogP contribution in [0.15, 0.2) is 51.9 Å². The zero-order valence-electron chi connectivity index (χ0n) is 11.8. The summed E-state index contributed by atoms with van der Waals surface area (Å²) in [6.07, 6.45) is 2.87. The van der Waals surface area contributed by atoms with Crippen molar-refractivity contribution in [3.05, 3.63) is 63.7 Å². The maximum absolute atomic E-state index is 12.7. The largest absolute Gasteiger partial charge is 0.493 e. The van der Waals surface area contributed by atoms with Crippen LogP contribution in [0.25, 0.3) is 11.0 Å². The Balaban J connectivity index is 2.00. The number of halogens is 1. The molecule has 0 fully saturated rings. The van der Waals surface area contributed by atoms with E-state index in [2.05, 4.69) is 6.58 Å². The molecule has 0 bridgehead atoms. The summed E-state index contributed by atoms with van der Waals surface area (Å²) in [6.45, 7) is 5.79. The molecule has 0 spiro atoms. The minimum atomic E-state index is -0.382. The Kier molecular flexibility index (Phi) is 2.84. The van der Waals surface area contributed by atoms with Gasteiger partial charge in [-0.2, -0.15) is 0 Å². The van der Waals surface area contributed by atoms with Gasteiger partial charge < -0.3 is 13.9 Å². The minimum Gasteiger partial charge on any atom is -0.493 e. The monoisotopic (exact) mass is 316 g/mol. The van der Waals surface area contributed by atoms with E-state index in [4.69, 9.17) is 25.5 Å². The Morgan fingerprint density at radius 1 is 1.36 bits per heavy atom. The van der Waals surface area contributed by atoms with Crippen molar-refractivity contribution in [3.63, 3.8) is 0 Å². The Bertz CT molecular complexity index is 880. The van der Waals surface area contributed by atoms with Crippen LogP contribution in [0.1, 0.15) is 18.6 Å². The summed E-state index contributed by atoms with van der Waals surface area (Å²) >= 11 is 5.98. The molecule has 3 heterocycles. The van der Waals surface area contributed by atoms with E-state index in [1.54, 1.807) is 24.5 Å². The molecule has 2 aliphatic heterocycles. The Morgan fingerprint density at radius 3 is 2.95 bits per heavy atom. The molecule has 1 aromatic heterocycles. The molecule has 0 unspecified atom stereocenters. The van der Waals surface area contributed by atoms with E-state index in [9.17, 15) is 4.79 Å². The van der Waals surface area contributed by atoms with Crippen LogP contribution in [0, 0.1) is 0 Å². The van der Waals surface area contributed by atoms with Gasteiger partial charge >= 0.3 is 0 Å². The molecule has 0 N–H and O–H groups in total. The zero-order chi connectivity index (χ0) is 15.4. The second kappa shape index (κ2) is 4.65. The predicted octanol–water partition coefficient (Wildman–Crippen LogP) is 3.78. The van der Waals surface area contributed by atoms with E-state index in [1.165, 1.54) is 0 Å². The molecule has 2 aromatic rings. The van der Waals surface area contributed by atoms with Gasteiger partial charge in [-0.25, -0.2) is 0 Å². The number of rotatable bonds is 1. The average molecular weight is 317 g/mol. The van der Waals surface area contributed by atoms with Crippen LogP contribution in [0.2, 0.25) is 5.02 Å². The fourth-order valence-corrected chi connectivity index (χ4v) is 3.16. The molecular weight excluding hydrogens is 304 g/mol. The molecule has 0 amide bonds. The van der Waals surface area contributed by atoms with Crippen LogP contribution in [0.5, 0.6) is 5.75 Å². The Hall–Kier alpha value is -2.20. The summed E-state index contributed by atoms with van der Waals surface area (Å²) in [5.74, 6) is 0.563. The lowest BCUT2D eigenvalue weighted by Gasteiger charge is -2.33. The van der Waals surface area contributed by atoms with Crippen molar-refractivity contribution in [2.24, 2.45) is 0 Å². The van der Waals surface area contributed by atoms with Gasteiger partial charge in [0.2, 0.25) is 11.2 Å². The topological polar surface area (TPSA) is 48.7 Å². The molecule has 5 heteroatoms. The average Bonchev–Trinajstić information content (AvgIpc) is 2.97. The predicted molar refractivity (Wildman–Crippen MR) is 83.5 cm³/mol. The van der Waals surface area contributed by atoms with E-state index in [0.717, 1.165) is 5.57 Å². The van der Waals surface area contributed by atoms with E-state index in [0.29, 0.717) is 21.8 Å². The second-order valence-corrected chi connectivity index (χ2v) is 6.04. The molecule has 0 saturated carbocycles. The number of hydrogen-bond donors (Lipinski definition) is 0. The molecule has 4 nitrogen and oxygen atoms in total. The van der Waals surface area contributed by atoms with Gasteiger partial charge in [-0.15, -0.1) is 0 Å². The second-order valence-electron chi connectivity index (χ2n) is 5.60. The molecule has 22 heavy (non-hydrogen) atoms. The molecule has 0 aliphatic carbocycles. The summed E-state index contributed by atoms with van der Waals surface area (Å²) < 4.78 is 17.4. The standard InChI is InChI=1S/C17H13ClO4/c1-8(2)14-15-10(5-6-20-15)16-17(22-14)13(19)11-7-9(18)3-4-12(11)21-16/h3-7,10,14-15H,1H2,2H3/t10-,14-,15+/m1/s1. The van der Waals surface area contributed by atoms with Crippen LogP contribution < -0.4 is 10.2 Å². The molecule has 0 radical (unpaired) electrons. The molecule has 1 aromatic carbocycles. The fourth-order valence-electron chi connectivity index (χ4n) is 2.98. The lowest BCUT2D eigenvalue weighted by atomic mass is 9.90. The SMILES string of the molecule is C=C(C)[C@H]1Oc2c(oc3ccc(Cl)cc3c2=O)[C@@H]2C=CO[C@H]12. The first kappa shape index (κ1) is 13.5. The normalized spacial score (nSPS) is 25.3. The highest BCUT2D eigenvalue weighted by Crippen LogP contribution is 2.42. The summed E-state index contributed by atoms with van der Waals surface area (Å²) in [4.78, 5) is 12.7. The van der Waals surface area contributed by atoms with Gasteiger partial charge in [-0.3, -0.25) is 4.79 Å². The molecule has 2 aliphatic rings. The van der Waals surface area contributed by atoms with Crippen molar-refractivity contribution in [2.45, 2.75) is 25.0 Å². The summed E-state index contributed by atoms with van der Waals surface area (Å²) in [7, 11) is 0. The van der Waals surface area contributed by atoms with Crippen molar-refractivity contribution in [2.75, 3.05) is 0 Å². The number of ether oxygens (including phenoxy) is 2. The third-order valence-electron chi connectivity index (χ3n) is 4.04. The molecule has 4 rings (SSSR count). The molecule has 3 atom stereocenters. The molecule has 112 valence electrons. The molecular formula is C17H13ClO4. The Morgan fingerprint density at radius 2 is 2.18 bits per heavy atom. The van der Waals surface area contributed by atoms with Crippen LogP contribution >= 0.6 is 11.6 Å². The van der Waals surface area contributed by atoms with Crippen molar-refractivity contribution in [1.82, 2.24) is 0 Å². The zero-order valence-corrected chi connectivity index (χ0v) is 12.6. The van der Waals surface area contributed by atoms with E-state index >= 15 is 0 Å². The van der Waals surface area contributed by atoms with Gasteiger partial charge in [0, 0.05) is 5.02 Å². The van der Waals surface area contributed by atoms with Crippen molar-refractivity contribution >= 4 is 22.6 Å². The van der Waals surface area contributed by atoms with Crippen LogP contribution in [0.4, 0.5) is 0 Å². The van der Waals surface area contributed by atoms with Gasteiger partial charge in [0.1, 0.15) is 5.58 Å². The maximum atomic E-state index is 12.7. The summed E-state index contributed by atoms with van der Waals surface area (Å²) in [5.41, 5.74) is 1.07. The van der Waals surface area contributed by atoms with Crippen molar-refractivity contribution in [3.8, 4) is 5.75 Å².